The van der Waals surface area contributed by atoms with Gasteiger partial charge < -0.3 is 24.8 Å². The molecule has 0 aliphatic carbocycles. The van der Waals surface area contributed by atoms with Crippen molar-refractivity contribution in [1.29, 1.82) is 0 Å². The molecule has 7 nitrogen and oxygen atoms in total. The van der Waals surface area contributed by atoms with Gasteiger partial charge in [-0.05, 0) is 6.07 Å². The van der Waals surface area contributed by atoms with E-state index in [0.29, 0.717) is 12.4 Å². The average Bonchev–Trinajstić information content (AvgIpc) is 2.55. The third-order valence-electron chi connectivity index (χ3n) is 3.02. The predicted octanol–water partition coefficient (Wildman–Crippen LogP) is 0.262. The van der Waals surface area contributed by atoms with Crippen molar-refractivity contribution < 1.29 is 23.8 Å². The highest BCUT2D eigenvalue weighted by Gasteiger charge is 2.18. The van der Waals surface area contributed by atoms with E-state index >= 15 is 0 Å². The number of para-hydroxylation sites is 1. The van der Waals surface area contributed by atoms with Crippen molar-refractivity contribution in [2.24, 2.45) is 0 Å². The maximum absolute atomic E-state index is 11.7. The number of carbonyl (C=O) groups is 2. The molecular weight excluding hydrogens is 288 g/mol. The Hall–Kier alpha value is -2.12. The molecule has 0 bridgehead atoms. The molecule has 0 aromatic heterocycles. The van der Waals surface area contributed by atoms with Crippen molar-refractivity contribution in [2.75, 3.05) is 41.0 Å². The van der Waals surface area contributed by atoms with Crippen LogP contribution in [0.4, 0.5) is 0 Å². The monoisotopic (exact) mass is 310 g/mol. The normalized spacial score (nSPS) is 11.6. The summed E-state index contributed by atoms with van der Waals surface area (Å²) in [5.41, 5.74) is 0.799. The van der Waals surface area contributed by atoms with E-state index in [0.717, 1.165) is 5.56 Å². The largest absolute Gasteiger partial charge is 0.496 e. The van der Waals surface area contributed by atoms with Crippen LogP contribution in [0.5, 0.6) is 5.75 Å². The zero-order valence-electron chi connectivity index (χ0n) is 13.0. The van der Waals surface area contributed by atoms with Gasteiger partial charge in [0, 0.05) is 32.9 Å². The molecule has 0 aliphatic heterocycles. The lowest BCUT2D eigenvalue weighted by Crippen LogP contribution is -2.42. The first-order chi connectivity index (χ1) is 10.6. The summed E-state index contributed by atoms with van der Waals surface area (Å²) in [6.45, 7) is 0.789. The molecule has 1 rings (SSSR count). The van der Waals surface area contributed by atoms with E-state index < -0.39 is 17.9 Å². The Kier molecular flexibility index (Phi) is 7.95. The van der Waals surface area contributed by atoms with Crippen molar-refractivity contribution in [3.8, 4) is 5.75 Å². The second-order valence-corrected chi connectivity index (χ2v) is 4.43. The number of amides is 2. The van der Waals surface area contributed by atoms with Gasteiger partial charge in [-0.2, -0.15) is 0 Å². The van der Waals surface area contributed by atoms with Crippen LogP contribution < -0.4 is 15.4 Å². The second-order valence-electron chi connectivity index (χ2n) is 4.43. The molecule has 0 saturated carbocycles. The van der Waals surface area contributed by atoms with Crippen LogP contribution in [0, 0.1) is 0 Å². The zero-order chi connectivity index (χ0) is 16.4. The molecule has 2 amide bonds. The third-order valence-corrected chi connectivity index (χ3v) is 3.02. The molecule has 0 heterocycles. The van der Waals surface area contributed by atoms with Gasteiger partial charge in [-0.1, -0.05) is 18.2 Å². The number of benzene rings is 1. The molecule has 0 aliphatic rings. The summed E-state index contributed by atoms with van der Waals surface area (Å²) in [4.78, 5) is 23.2. The Morgan fingerprint density at radius 2 is 1.77 bits per heavy atom. The van der Waals surface area contributed by atoms with Crippen LogP contribution in [-0.2, 0) is 19.1 Å². The van der Waals surface area contributed by atoms with Crippen LogP contribution in [0.15, 0.2) is 24.3 Å². The predicted molar refractivity (Wildman–Crippen MR) is 80.6 cm³/mol. The summed E-state index contributed by atoms with van der Waals surface area (Å²) >= 11 is 0. The summed E-state index contributed by atoms with van der Waals surface area (Å²) in [7, 11) is 4.61. The molecule has 0 spiro atoms. The lowest BCUT2D eigenvalue weighted by Gasteiger charge is -2.18. The second kappa shape index (κ2) is 9.75. The van der Waals surface area contributed by atoms with E-state index in [-0.39, 0.29) is 13.1 Å². The maximum atomic E-state index is 11.7. The van der Waals surface area contributed by atoms with Gasteiger partial charge in [-0.25, -0.2) is 0 Å². The standard InChI is InChI=1S/C15H22N2O5/c1-20-9-8-16-14(18)15(19)17-10-13(22-3)11-6-4-5-7-12(11)21-2/h4-7,13H,8-10H2,1-3H3,(H,16,18)(H,17,19). The number of nitrogens with one attached hydrogen (secondary N) is 2. The molecule has 0 radical (unpaired) electrons. The fourth-order valence-electron chi connectivity index (χ4n) is 1.87. The Morgan fingerprint density at radius 3 is 2.41 bits per heavy atom. The molecule has 1 aromatic rings. The average molecular weight is 310 g/mol. The lowest BCUT2D eigenvalue weighted by molar-refractivity contribution is -0.139. The SMILES string of the molecule is COCCNC(=O)C(=O)NCC(OC)c1ccccc1OC. The van der Waals surface area contributed by atoms with Gasteiger partial charge in [-0.3, -0.25) is 9.59 Å². The molecule has 22 heavy (non-hydrogen) atoms. The summed E-state index contributed by atoms with van der Waals surface area (Å²) in [5, 5.41) is 4.98. The highest BCUT2D eigenvalue weighted by molar-refractivity contribution is 6.35. The Balaban J connectivity index is 2.56. The first kappa shape index (κ1) is 17.9. The summed E-state index contributed by atoms with van der Waals surface area (Å²) < 4.78 is 15.4. The quantitative estimate of drug-likeness (QED) is 0.531. The maximum Gasteiger partial charge on any atom is 0.309 e. The molecule has 0 saturated heterocycles. The minimum absolute atomic E-state index is 0.160. The van der Waals surface area contributed by atoms with Crippen molar-refractivity contribution in [3.63, 3.8) is 0 Å². The van der Waals surface area contributed by atoms with Crippen LogP contribution in [0.2, 0.25) is 0 Å². The zero-order valence-corrected chi connectivity index (χ0v) is 13.0. The van der Waals surface area contributed by atoms with Crippen LogP contribution in [0.25, 0.3) is 0 Å². The molecule has 1 aromatic carbocycles. The molecule has 1 atom stereocenters. The summed E-state index contributed by atoms with van der Waals surface area (Å²) in [6, 6.07) is 7.35. The van der Waals surface area contributed by atoms with Gasteiger partial charge >= 0.3 is 11.8 Å². The third kappa shape index (κ3) is 5.34. The number of carbonyl (C=O) groups excluding carboxylic acids is 2. The number of hydrogen-bond acceptors (Lipinski definition) is 5. The molecule has 122 valence electrons. The van der Waals surface area contributed by atoms with Gasteiger partial charge in [0.2, 0.25) is 0 Å². The van der Waals surface area contributed by atoms with Gasteiger partial charge in [0.25, 0.3) is 0 Å². The number of hydrogen-bond donors (Lipinski definition) is 2. The smallest absolute Gasteiger partial charge is 0.309 e. The number of rotatable bonds is 8. The van der Waals surface area contributed by atoms with Gasteiger partial charge in [0.15, 0.2) is 0 Å². The van der Waals surface area contributed by atoms with Crippen molar-refractivity contribution >= 4 is 11.8 Å². The Labute approximate surface area is 129 Å². The fraction of sp³-hybridized carbons (Fsp3) is 0.467. The summed E-state index contributed by atoms with van der Waals surface area (Å²) in [6.07, 6.45) is -0.410. The molecule has 2 N–H and O–H groups in total. The molecule has 0 fully saturated rings. The van der Waals surface area contributed by atoms with Crippen LogP contribution in [-0.4, -0.2) is 52.8 Å². The highest BCUT2D eigenvalue weighted by atomic mass is 16.5. The van der Waals surface area contributed by atoms with Gasteiger partial charge in [0.05, 0.1) is 13.7 Å². The first-order valence-electron chi connectivity index (χ1n) is 6.84. The summed E-state index contributed by atoms with van der Waals surface area (Å²) in [5.74, 6) is -0.756. The van der Waals surface area contributed by atoms with E-state index in [9.17, 15) is 9.59 Å². The van der Waals surface area contributed by atoms with Crippen LogP contribution in [0.3, 0.4) is 0 Å². The van der Waals surface area contributed by atoms with Crippen LogP contribution >= 0.6 is 0 Å². The van der Waals surface area contributed by atoms with Crippen molar-refractivity contribution in [3.05, 3.63) is 29.8 Å². The highest BCUT2D eigenvalue weighted by Crippen LogP contribution is 2.26. The van der Waals surface area contributed by atoms with E-state index in [1.165, 1.54) is 14.2 Å². The van der Waals surface area contributed by atoms with Crippen molar-refractivity contribution in [2.45, 2.75) is 6.10 Å². The van der Waals surface area contributed by atoms with E-state index in [4.69, 9.17) is 14.2 Å². The number of ether oxygens (including phenoxy) is 3. The molecular formula is C15H22N2O5. The van der Waals surface area contributed by atoms with Crippen LogP contribution in [0.1, 0.15) is 11.7 Å². The molecule has 1 unspecified atom stereocenters. The minimum Gasteiger partial charge on any atom is -0.496 e. The molecule has 7 heteroatoms. The lowest BCUT2D eigenvalue weighted by atomic mass is 10.1. The minimum atomic E-state index is -0.715. The number of methoxy groups -OCH3 is 3. The first-order valence-corrected chi connectivity index (χ1v) is 6.84. The van der Waals surface area contributed by atoms with Gasteiger partial charge in [0.1, 0.15) is 11.9 Å². The van der Waals surface area contributed by atoms with Crippen molar-refractivity contribution in [1.82, 2.24) is 10.6 Å². The fourth-order valence-corrected chi connectivity index (χ4v) is 1.87. The van der Waals surface area contributed by atoms with E-state index in [1.54, 1.807) is 13.2 Å². The Morgan fingerprint density at radius 1 is 1.09 bits per heavy atom. The van der Waals surface area contributed by atoms with E-state index in [1.807, 2.05) is 18.2 Å². The topological polar surface area (TPSA) is 85.9 Å². The Bertz CT molecular complexity index is 493. The van der Waals surface area contributed by atoms with Gasteiger partial charge in [-0.15, -0.1) is 0 Å². The van der Waals surface area contributed by atoms with E-state index in [2.05, 4.69) is 10.6 Å².